The van der Waals surface area contributed by atoms with E-state index in [4.69, 9.17) is 0 Å². The van der Waals surface area contributed by atoms with Gasteiger partial charge in [-0.2, -0.15) is 4.31 Å². The van der Waals surface area contributed by atoms with E-state index in [2.05, 4.69) is 17.1 Å². The first-order valence-electron chi connectivity index (χ1n) is 9.11. The van der Waals surface area contributed by atoms with Gasteiger partial charge < -0.3 is 5.32 Å². The third-order valence-corrected chi connectivity index (χ3v) is 7.00. The molecule has 3 rings (SSSR count). The molecule has 1 aromatic carbocycles. The van der Waals surface area contributed by atoms with Gasteiger partial charge in [-0.1, -0.05) is 12.5 Å². The minimum atomic E-state index is -3.46. The molecule has 25 heavy (non-hydrogen) atoms. The fraction of sp³-hybridized carbons (Fsp3) is 0.611. The molecule has 0 unspecified atom stereocenters. The number of carbonyl (C=O) groups is 1. The molecule has 0 spiro atoms. The third kappa shape index (κ3) is 4.40. The quantitative estimate of drug-likeness (QED) is 0.869. The molecule has 1 atom stereocenters. The molecular formula is C18H27N3O3S. The lowest BCUT2D eigenvalue weighted by atomic mass is 10.0. The predicted octanol–water partition coefficient (Wildman–Crippen LogP) is 2.28. The molecule has 0 bridgehead atoms. The van der Waals surface area contributed by atoms with Crippen LogP contribution >= 0.6 is 0 Å². The zero-order valence-corrected chi connectivity index (χ0v) is 15.6. The third-order valence-electron chi connectivity index (χ3n) is 5.11. The number of hydrogen-bond donors (Lipinski definition) is 1. The molecule has 0 aliphatic carbocycles. The van der Waals surface area contributed by atoms with Crippen LogP contribution in [0.5, 0.6) is 0 Å². The Bertz CT molecular complexity index is 714. The van der Waals surface area contributed by atoms with Crippen LogP contribution in [-0.2, 0) is 14.8 Å². The van der Waals surface area contributed by atoms with Crippen molar-refractivity contribution in [1.82, 2.24) is 9.21 Å². The van der Waals surface area contributed by atoms with Crippen molar-refractivity contribution in [1.29, 1.82) is 0 Å². The van der Waals surface area contributed by atoms with E-state index in [0.29, 0.717) is 31.4 Å². The fourth-order valence-electron chi connectivity index (χ4n) is 3.59. The zero-order valence-electron chi connectivity index (χ0n) is 14.8. The number of carbonyl (C=O) groups excluding carboxylic acids is 1. The Morgan fingerprint density at radius 3 is 2.60 bits per heavy atom. The van der Waals surface area contributed by atoms with Gasteiger partial charge in [-0.25, -0.2) is 8.42 Å². The van der Waals surface area contributed by atoms with Gasteiger partial charge in [0.2, 0.25) is 15.9 Å². The summed E-state index contributed by atoms with van der Waals surface area (Å²) >= 11 is 0. The van der Waals surface area contributed by atoms with E-state index in [1.54, 1.807) is 24.3 Å². The van der Waals surface area contributed by atoms with Gasteiger partial charge in [0.05, 0.1) is 11.4 Å². The second-order valence-corrected chi connectivity index (χ2v) is 8.94. The lowest BCUT2D eigenvalue weighted by Crippen LogP contribution is -2.42. The number of piperidine rings is 1. The molecular weight excluding hydrogens is 338 g/mol. The molecule has 0 aromatic heterocycles. The Morgan fingerprint density at radius 2 is 1.88 bits per heavy atom. The molecule has 1 N–H and O–H groups in total. The SMILES string of the molecule is C[C@@H]1CCCCN1CC(=O)Nc1cccc(S(=O)(=O)N2CCCC2)c1. The summed E-state index contributed by atoms with van der Waals surface area (Å²) in [7, 11) is -3.46. The van der Waals surface area contributed by atoms with Crippen molar-refractivity contribution in [3.8, 4) is 0 Å². The molecule has 1 aromatic rings. The van der Waals surface area contributed by atoms with Crippen LogP contribution in [0.25, 0.3) is 0 Å². The van der Waals surface area contributed by atoms with E-state index < -0.39 is 10.0 Å². The second kappa shape index (κ2) is 7.85. The van der Waals surface area contributed by atoms with Crippen LogP contribution in [0.2, 0.25) is 0 Å². The summed E-state index contributed by atoms with van der Waals surface area (Å²) in [5.41, 5.74) is 0.537. The minimum Gasteiger partial charge on any atom is -0.325 e. The van der Waals surface area contributed by atoms with E-state index in [1.165, 1.54) is 10.7 Å². The maximum Gasteiger partial charge on any atom is 0.243 e. The number of sulfonamides is 1. The zero-order chi connectivity index (χ0) is 17.9. The molecule has 2 aliphatic heterocycles. The summed E-state index contributed by atoms with van der Waals surface area (Å²) in [6, 6.07) is 6.99. The fourth-order valence-corrected chi connectivity index (χ4v) is 5.15. The van der Waals surface area contributed by atoms with Crippen LogP contribution in [0, 0.1) is 0 Å². The maximum atomic E-state index is 12.6. The van der Waals surface area contributed by atoms with Crippen LogP contribution in [0.4, 0.5) is 5.69 Å². The summed E-state index contributed by atoms with van der Waals surface area (Å²) in [5, 5.41) is 2.85. The summed E-state index contributed by atoms with van der Waals surface area (Å²) in [6.45, 7) is 4.59. The number of hydrogen-bond acceptors (Lipinski definition) is 4. The molecule has 7 heteroatoms. The van der Waals surface area contributed by atoms with Crippen molar-refractivity contribution >= 4 is 21.6 Å². The van der Waals surface area contributed by atoms with E-state index >= 15 is 0 Å². The molecule has 138 valence electrons. The normalized spacial score (nSPS) is 22.8. The van der Waals surface area contributed by atoms with Crippen LogP contribution in [0.3, 0.4) is 0 Å². The van der Waals surface area contributed by atoms with Gasteiger partial charge >= 0.3 is 0 Å². The first-order chi connectivity index (χ1) is 12.0. The number of nitrogens with zero attached hydrogens (tertiary/aromatic N) is 2. The van der Waals surface area contributed by atoms with Gasteiger partial charge in [0.15, 0.2) is 0 Å². The topological polar surface area (TPSA) is 69.7 Å². The van der Waals surface area contributed by atoms with E-state index in [-0.39, 0.29) is 10.8 Å². The molecule has 2 aliphatic rings. The van der Waals surface area contributed by atoms with Crippen molar-refractivity contribution in [2.45, 2.75) is 50.0 Å². The van der Waals surface area contributed by atoms with Crippen molar-refractivity contribution in [2.24, 2.45) is 0 Å². The summed E-state index contributed by atoms with van der Waals surface area (Å²) in [4.78, 5) is 14.8. The smallest absolute Gasteiger partial charge is 0.243 e. The van der Waals surface area contributed by atoms with Crippen LogP contribution in [0.15, 0.2) is 29.2 Å². The van der Waals surface area contributed by atoms with Crippen molar-refractivity contribution in [3.05, 3.63) is 24.3 Å². The van der Waals surface area contributed by atoms with Crippen molar-refractivity contribution in [3.63, 3.8) is 0 Å². The Kier molecular flexibility index (Phi) is 5.76. The van der Waals surface area contributed by atoms with Gasteiger partial charge in [0.1, 0.15) is 0 Å². The Morgan fingerprint density at radius 1 is 1.16 bits per heavy atom. The minimum absolute atomic E-state index is 0.0931. The highest BCUT2D eigenvalue weighted by Crippen LogP contribution is 2.23. The first-order valence-corrected chi connectivity index (χ1v) is 10.5. The predicted molar refractivity (Wildman–Crippen MR) is 98.0 cm³/mol. The molecule has 0 saturated carbocycles. The lowest BCUT2D eigenvalue weighted by molar-refractivity contribution is -0.118. The van der Waals surface area contributed by atoms with E-state index in [1.807, 2.05) is 0 Å². The van der Waals surface area contributed by atoms with Gasteiger partial charge in [0.25, 0.3) is 0 Å². The Hall–Kier alpha value is -1.44. The highest BCUT2D eigenvalue weighted by atomic mass is 32.2. The molecule has 2 fully saturated rings. The van der Waals surface area contributed by atoms with E-state index in [0.717, 1.165) is 32.2 Å². The van der Waals surface area contributed by atoms with Crippen LogP contribution < -0.4 is 5.32 Å². The molecule has 2 heterocycles. The first kappa shape index (κ1) is 18.4. The van der Waals surface area contributed by atoms with Gasteiger partial charge in [-0.05, 0) is 57.4 Å². The number of likely N-dealkylation sites (tertiary alicyclic amines) is 1. The van der Waals surface area contributed by atoms with Crippen molar-refractivity contribution < 1.29 is 13.2 Å². The molecule has 2 saturated heterocycles. The highest BCUT2D eigenvalue weighted by Gasteiger charge is 2.27. The lowest BCUT2D eigenvalue weighted by Gasteiger charge is -2.32. The Labute approximate surface area is 150 Å². The summed E-state index contributed by atoms with van der Waals surface area (Å²) in [6.07, 6.45) is 5.28. The maximum absolute atomic E-state index is 12.6. The van der Waals surface area contributed by atoms with Crippen molar-refractivity contribution in [2.75, 3.05) is 31.5 Å². The van der Waals surface area contributed by atoms with Crippen LogP contribution in [-0.4, -0.2) is 55.8 Å². The molecule has 6 nitrogen and oxygen atoms in total. The monoisotopic (exact) mass is 365 g/mol. The van der Waals surface area contributed by atoms with E-state index in [9.17, 15) is 13.2 Å². The van der Waals surface area contributed by atoms with Gasteiger partial charge in [-0.15, -0.1) is 0 Å². The Balaban J connectivity index is 1.66. The summed E-state index contributed by atoms with van der Waals surface area (Å²) in [5.74, 6) is -0.0931. The number of amides is 1. The molecule has 0 radical (unpaired) electrons. The average molecular weight is 365 g/mol. The number of benzene rings is 1. The van der Waals surface area contributed by atoms with Gasteiger partial charge in [0, 0.05) is 24.8 Å². The standard InChI is InChI=1S/C18H27N3O3S/c1-15-7-2-3-10-20(15)14-18(22)19-16-8-6-9-17(13-16)25(23,24)21-11-4-5-12-21/h6,8-9,13,15H,2-5,7,10-12,14H2,1H3,(H,19,22)/t15-/m1/s1. The average Bonchev–Trinajstić information content (AvgIpc) is 3.12. The number of nitrogens with one attached hydrogen (secondary N) is 1. The van der Waals surface area contributed by atoms with Gasteiger partial charge in [-0.3, -0.25) is 9.69 Å². The largest absolute Gasteiger partial charge is 0.325 e. The summed E-state index contributed by atoms with van der Waals surface area (Å²) < 4.78 is 26.8. The number of rotatable bonds is 5. The molecule has 1 amide bonds. The number of anilines is 1. The highest BCUT2D eigenvalue weighted by molar-refractivity contribution is 7.89. The second-order valence-electron chi connectivity index (χ2n) is 7.00. The van der Waals surface area contributed by atoms with Crippen LogP contribution in [0.1, 0.15) is 39.0 Å².